The highest BCUT2D eigenvalue weighted by Gasteiger charge is 2.24. The van der Waals surface area contributed by atoms with Gasteiger partial charge in [0.2, 0.25) is 0 Å². The van der Waals surface area contributed by atoms with Gasteiger partial charge in [0.15, 0.2) is 0 Å². The van der Waals surface area contributed by atoms with Gasteiger partial charge in [-0.3, -0.25) is 4.57 Å². The standard InChI is InChI=1S/C22H18ClN3S2/c23-13-9-11-14(12-10-13)26-20(24)19(15-5-1-2-6-16(15)22(26)27)21-25-17-7-3-4-8-18(17)28-21/h3-4,7-12H,1-2,5-6,24H2. The summed E-state index contributed by atoms with van der Waals surface area (Å²) in [6, 6.07) is 15.9. The number of para-hydroxylation sites is 1. The van der Waals surface area contributed by atoms with Gasteiger partial charge in [-0.15, -0.1) is 11.3 Å². The molecule has 0 unspecified atom stereocenters. The molecule has 1 aliphatic carbocycles. The molecule has 2 aromatic heterocycles. The zero-order chi connectivity index (χ0) is 19.3. The zero-order valence-electron chi connectivity index (χ0n) is 15.1. The van der Waals surface area contributed by atoms with Crippen molar-refractivity contribution in [3.05, 3.63) is 69.3 Å². The maximum atomic E-state index is 6.76. The van der Waals surface area contributed by atoms with E-state index in [0.717, 1.165) is 52.1 Å². The molecule has 0 spiro atoms. The van der Waals surface area contributed by atoms with Gasteiger partial charge in [0.25, 0.3) is 0 Å². The molecule has 0 saturated carbocycles. The number of hydrogen-bond acceptors (Lipinski definition) is 4. The zero-order valence-corrected chi connectivity index (χ0v) is 17.5. The molecule has 0 aliphatic heterocycles. The molecule has 5 rings (SSSR count). The van der Waals surface area contributed by atoms with Crippen LogP contribution in [0.15, 0.2) is 48.5 Å². The molecule has 28 heavy (non-hydrogen) atoms. The third kappa shape index (κ3) is 2.85. The van der Waals surface area contributed by atoms with Crippen molar-refractivity contribution in [1.29, 1.82) is 0 Å². The summed E-state index contributed by atoms with van der Waals surface area (Å²) in [5, 5.41) is 1.66. The predicted molar refractivity (Wildman–Crippen MR) is 121 cm³/mol. The largest absolute Gasteiger partial charge is 0.384 e. The molecule has 0 atom stereocenters. The van der Waals surface area contributed by atoms with Crippen molar-refractivity contribution in [3.63, 3.8) is 0 Å². The molecule has 6 heteroatoms. The number of halogens is 1. The lowest BCUT2D eigenvalue weighted by atomic mass is 9.89. The Labute approximate surface area is 177 Å². The van der Waals surface area contributed by atoms with Crippen molar-refractivity contribution < 1.29 is 0 Å². The topological polar surface area (TPSA) is 43.8 Å². The number of nitrogens with two attached hydrogens (primary N) is 1. The van der Waals surface area contributed by atoms with Crippen LogP contribution >= 0.6 is 35.2 Å². The lowest BCUT2D eigenvalue weighted by Crippen LogP contribution is -2.15. The SMILES string of the molecule is Nc1c(-c2nc3ccccc3s2)c2c(c(=S)n1-c1ccc(Cl)cc1)CCCC2. The van der Waals surface area contributed by atoms with Crippen LogP contribution in [-0.2, 0) is 12.8 Å². The Bertz CT molecular complexity index is 1220. The number of pyridine rings is 1. The average Bonchev–Trinajstić information content (AvgIpc) is 3.13. The van der Waals surface area contributed by atoms with Crippen LogP contribution in [0.25, 0.3) is 26.5 Å². The van der Waals surface area contributed by atoms with E-state index in [2.05, 4.69) is 6.07 Å². The van der Waals surface area contributed by atoms with E-state index in [-0.39, 0.29) is 0 Å². The maximum absolute atomic E-state index is 6.76. The number of rotatable bonds is 2. The average molecular weight is 424 g/mol. The normalized spacial score (nSPS) is 13.6. The minimum atomic E-state index is 0.659. The highest BCUT2D eigenvalue weighted by molar-refractivity contribution is 7.71. The molecule has 1 aliphatic rings. The number of aromatic nitrogens is 2. The van der Waals surface area contributed by atoms with E-state index in [0.29, 0.717) is 10.8 Å². The van der Waals surface area contributed by atoms with Crippen molar-refractivity contribution in [2.45, 2.75) is 25.7 Å². The second-order valence-corrected chi connectivity index (χ2v) is 8.88. The summed E-state index contributed by atoms with van der Waals surface area (Å²) >= 11 is 13.7. The Morgan fingerprint density at radius 1 is 1.00 bits per heavy atom. The Hall–Kier alpha value is -2.21. The minimum Gasteiger partial charge on any atom is -0.384 e. The Kier molecular flexibility index (Phi) is 4.46. The number of hydrogen-bond donors (Lipinski definition) is 1. The summed E-state index contributed by atoms with van der Waals surface area (Å²) in [5.41, 5.74) is 12.3. The van der Waals surface area contributed by atoms with Gasteiger partial charge >= 0.3 is 0 Å². The van der Waals surface area contributed by atoms with Gasteiger partial charge in [-0.25, -0.2) is 4.98 Å². The van der Waals surface area contributed by atoms with Gasteiger partial charge in [0, 0.05) is 10.7 Å². The molecular weight excluding hydrogens is 406 g/mol. The fourth-order valence-electron chi connectivity index (χ4n) is 3.99. The van der Waals surface area contributed by atoms with Crippen molar-refractivity contribution in [3.8, 4) is 16.3 Å². The van der Waals surface area contributed by atoms with Crippen LogP contribution < -0.4 is 5.73 Å². The van der Waals surface area contributed by atoms with E-state index in [1.54, 1.807) is 11.3 Å². The first-order valence-electron chi connectivity index (χ1n) is 9.31. The van der Waals surface area contributed by atoms with Crippen molar-refractivity contribution in [1.82, 2.24) is 9.55 Å². The summed E-state index contributed by atoms with van der Waals surface area (Å²) in [7, 11) is 0. The molecule has 0 fully saturated rings. The fourth-order valence-corrected chi connectivity index (χ4v) is 5.59. The summed E-state index contributed by atoms with van der Waals surface area (Å²) in [4.78, 5) is 4.90. The van der Waals surface area contributed by atoms with E-state index >= 15 is 0 Å². The molecule has 4 aromatic rings. The first-order valence-corrected chi connectivity index (χ1v) is 10.9. The number of nitrogen functional groups attached to an aromatic ring is 1. The van der Waals surface area contributed by atoms with Gasteiger partial charge in [-0.2, -0.15) is 0 Å². The summed E-state index contributed by atoms with van der Waals surface area (Å²) in [5.74, 6) is 0.659. The Balaban J connectivity index is 1.84. The highest BCUT2D eigenvalue weighted by Crippen LogP contribution is 2.41. The maximum Gasteiger partial charge on any atom is 0.128 e. The molecule has 3 nitrogen and oxygen atoms in total. The van der Waals surface area contributed by atoms with E-state index < -0.39 is 0 Å². The van der Waals surface area contributed by atoms with Crippen molar-refractivity contribution in [2.75, 3.05) is 5.73 Å². The number of fused-ring (bicyclic) bond motifs is 2. The third-order valence-corrected chi connectivity index (χ3v) is 7.06. The van der Waals surface area contributed by atoms with Gasteiger partial charge in [0.1, 0.15) is 15.5 Å². The van der Waals surface area contributed by atoms with Crippen LogP contribution in [0.2, 0.25) is 5.02 Å². The van der Waals surface area contributed by atoms with Gasteiger partial charge < -0.3 is 5.73 Å². The predicted octanol–water partition coefficient (Wildman–Crippen LogP) is 6.60. The lowest BCUT2D eigenvalue weighted by molar-refractivity contribution is 0.678. The monoisotopic (exact) mass is 423 g/mol. The van der Waals surface area contributed by atoms with Crippen molar-refractivity contribution in [2.24, 2.45) is 0 Å². The highest BCUT2D eigenvalue weighted by atomic mass is 35.5. The number of thiazole rings is 1. The van der Waals surface area contributed by atoms with Gasteiger partial charge in [-0.1, -0.05) is 36.0 Å². The molecular formula is C22H18ClN3S2. The second-order valence-electron chi connectivity index (χ2n) is 7.03. The molecule has 0 bridgehead atoms. The number of nitrogens with zero attached hydrogens (tertiary/aromatic N) is 2. The van der Waals surface area contributed by atoms with E-state index in [1.807, 2.05) is 47.0 Å². The molecule has 0 amide bonds. The number of benzene rings is 2. The van der Waals surface area contributed by atoms with Gasteiger partial charge in [-0.05, 0) is 73.2 Å². The molecule has 2 heterocycles. The van der Waals surface area contributed by atoms with E-state index in [1.165, 1.54) is 15.8 Å². The first-order chi connectivity index (χ1) is 13.6. The van der Waals surface area contributed by atoms with E-state index in [9.17, 15) is 0 Å². The Morgan fingerprint density at radius 2 is 1.71 bits per heavy atom. The van der Waals surface area contributed by atoms with Crippen molar-refractivity contribution >= 4 is 51.2 Å². The van der Waals surface area contributed by atoms with Gasteiger partial charge in [0.05, 0.1) is 15.8 Å². The van der Waals surface area contributed by atoms with Crippen LogP contribution in [-0.4, -0.2) is 9.55 Å². The molecule has 2 N–H and O–H groups in total. The fraction of sp³-hybridized carbons (Fsp3) is 0.182. The molecule has 2 aromatic carbocycles. The van der Waals surface area contributed by atoms with E-state index in [4.69, 9.17) is 34.5 Å². The quantitative estimate of drug-likeness (QED) is 0.369. The smallest absolute Gasteiger partial charge is 0.128 e. The summed E-state index contributed by atoms with van der Waals surface area (Å²) < 4.78 is 3.96. The number of anilines is 1. The molecule has 0 saturated heterocycles. The van der Waals surface area contributed by atoms with Crippen LogP contribution in [0.3, 0.4) is 0 Å². The minimum absolute atomic E-state index is 0.659. The van der Waals surface area contributed by atoms with Crippen LogP contribution in [0.1, 0.15) is 24.0 Å². The van der Waals surface area contributed by atoms with Crippen LogP contribution in [0.5, 0.6) is 0 Å². The lowest BCUT2D eigenvalue weighted by Gasteiger charge is -2.24. The summed E-state index contributed by atoms with van der Waals surface area (Å²) in [6.45, 7) is 0. The Morgan fingerprint density at radius 3 is 2.46 bits per heavy atom. The third-order valence-electron chi connectivity index (χ3n) is 5.32. The first kappa shape index (κ1) is 17.9. The second kappa shape index (κ2) is 6.99. The van der Waals surface area contributed by atoms with Crippen LogP contribution in [0, 0.1) is 4.64 Å². The summed E-state index contributed by atoms with van der Waals surface area (Å²) in [6.07, 6.45) is 4.29. The van der Waals surface area contributed by atoms with Crippen LogP contribution in [0.4, 0.5) is 5.82 Å². The molecule has 140 valence electrons. The molecule has 0 radical (unpaired) electrons.